The van der Waals surface area contributed by atoms with Crippen LogP contribution >= 0.6 is 0 Å². The Morgan fingerprint density at radius 1 is 0.905 bits per heavy atom. The van der Waals surface area contributed by atoms with E-state index in [2.05, 4.69) is 6.92 Å². The highest BCUT2D eigenvalue weighted by molar-refractivity contribution is 4.70. The lowest BCUT2D eigenvalue weighted by Crippen LogP contribution is -2.24. The first kappa shape index (κ1) is 18.9. The van der Waals surface area contributed by atoms with Crippen molar-refractivity contribution in [2.75, 3.05) is 19.8 Å². The Hall–Kier alpha value is -0.120. The summed E-state index contributed by atoms with van der Waals surface area (Å²) in [6.45, 7) is 8.36. The highest BCUT2D eigenvalue weighted by Gasteiger charge is 2.32. The molecule has 0 bridgehead atoms. The van der Waals surface area contributed by atoms with Gasteiger partial charge in [-0.05, 0) is 20.3 Å². The first-order valence-corrected chi connectivity index (χ1v) is 9.03. The van der Waals surface area contributed by atoms with E-state index in [1.807, 2.05) is 13.8 Å². The summed E-state index contributed by atoms with van der Waals surface area (Å²) >= 11 is 0. The van der Waals surface area contributed by atoms with Crippen molar-refractivity contribution < 1.29 is 14.2 Å². The molecule has 0 radical (unpaired) electrons. The Morgan fingerprint density at radius 2 is 1.48 bits per heavy atom. The quantitative estimate of drug-likeness (QED) is 0.444. The standard InChI is InChI=1S/C18H36O3/c1-4-5-6-7-8-9-10-11-12-13-14-19-15-17-16-20-18(2,3)21-17/h17H,4-16H2,1-3H3. The number of rotatable bonds is 13. The molecule has 1 aliphatic rings. The van der Waals surface area contributed by atoms with E-state index in [4.69, 9.17) is 14.2 Å². The van der Waals surface area contributed by atoms with Crippen molar-refractivity contribution in [1.82, 2.24) is 0 Å². The van der Waals surface area contributed by atoms with Gasteiger partial charge in [0, 0.05) is 6.61 Å². The van der Waals surface area contributed by atoms with Gasteiger partial charge in [0.2, 0.25) is 0 Å². The van der Waals surface area contributed by atoms with Crippen molar-refractivity contribution in [3.05, 3.63) is 0 Å². The first-order chi connectivity index (χ1) is 10.1. The number of ether oxygens (including phenoxy) is 3. The van der Waals surface area contributed by atoms with Crippen LogP contribution in [0.15, 0.2) is 0 Å². The smallest absolute Gasteiger partial charge is 0.163 e. The van der Waals surface area contributed by atoms with Crippen molar-refractivity contribution in [1.29, 1.82) is 0 Å². The summed E-state index contributed by atoms with van der Waals surface area (Å²) in [5.41, 5.74) is 0. The second kappa shape index (κ2) is 11.4. The Kier molecular flexibility index (Phi) is 10.3. The molecule has 0 aromatic rings. The van der Waals surface area contributed by atoms with Gasteiger partial charge in [0.25, 0.3) is 0 Å². The second-order valence-corrected chi connectivity index (χ2v) is 6.71. The number of unbranched alkanes of at least 4 members (excludes halogenated alkanes) is 9. The zero-order chi connectivity index (χ0) is 15.4. The lowest BCUT2D eigenvalue weighted by Gasteiger charge is -2.17. The van der Waals surface area contributed by atoms with Crippen LogP contribution in [0, 0.1) is 0 Å². The van der Waals surface area contributed by atoms with Crippen molar-refractivity contribution in [2.24, 2.45) is 0 Å². The fourth-order valence-electron chi connectivity index (χ4n) is 2.75. The summed E-state index contributed by atoms with van der Waals surface area (Å²) in [6.07, 6.45) is 13.8. The molecule has 3 nitrogen and oxygen atoms in total. The van der Waals surface area contributed by atoms with Crippen LogP contribution in [-0.2, 0) is 14.2 Å². The molecule has 0 aromatic heterocycles. The average molecular weight is 300 g/mol. The topological polar surface area (TPSA) is 27.7 Å². The fraction of sp³-hybridized carbons (Fsp3) is 1.00. The maximum Gasteiger partial charge on any atom is 0.163 e. The van der Waals surface area contributed by atoms with Gasteiger partial charge >= 0.3 is 0 Å². The maximum absolute atomic E-state index is 5.70. The van der Waals surface area contributed by atoms with Gasteiger partial charge < -0.3 is 14.2 Å². The van der Waals surface area contributed by atoms with Gasteiger partial charge in [-0.2, -0.15) is 0 Å². The SMILES string of the molecule is CCCCCCCCCCCCOCC1COC(C)(C)O1. The second-order valence-electron chi connectivity index (χ2n) is 6.71. The average Bonchev–Trinajstić information content (AvgIpc) is 2.79. The van der Waals surface area contributed by atoms with Gasteiger partial charge in [-0.25, -0.2) is 0 Å². The molecule has 1 saturated heterocycles. The summed E-state index contributed by atoms with van der Waals surface area (Å²) < 4.78 is 16.9. The van der Waals surface area contributed by atoms with Crippen LogP contribution in [0.3, 0.4) is 0 Å². The third-order valence-corrected chi connectivity index (χ3v) is 4.01. The van der Waals surface area contributed by atoms with E-state index in [0.717, 1.165) is 6.61 Å². The van der Waals surface area contributed by atoms with Crippen molar-refractivity contribution in [2.45, 2.75) is 96.9 Å². The number of hydrogen-bond donors (Lipinski definition) is 0. The highest BCUT2D eigenvalue weighted by Crippen LogP contribution is 2.22. The fourth-order valence-corrected chi connectivity index (χ4v) is 2.75. The van der Waals surface area contributed by atoms with Crippen LogP contribution in [0.25, 0.3) is 0 Å². The van der Waals surface area contributed by atoms with Gasteiger partial charge in [-0.15, -0.1) is 0 Å². The molecule has 0 saturated carbocycles. The van der Waals surface area contributed by atoms with Gasteiger partial charge in [0.05, 0.1) is 13.2 Å². The van der Waals surface area contributed by atoms with Crippen LogP contribution in [0.5, 0.6) is 0 Å². The largest absolute Gasteiger partial charge is 0.379 e. The van der Waals surface area contributed by atoms with Crippen LogP contribution in [-0.4, -0.2) is 31.7 Å². The molecule has 126 valence electrons. The monoisotopic (exact) mass is 300 g/mol. The first-order valence-electron chi connectivity index (χ1n) is 9.03. The molecule has 0 amide bonds. The molecule has 1 rings (SSSR count). The third-order valence-electron chi connectivity index (χ3n) is 4.01. The molecule has 3 heteroatoms. The van der Waals surface area contributed by atoms with Crippen molar-refractivity contribution >= 4 is 0 Å². The molecule has 1 unspecified atom stereocenters. The van der Waals surface area contributed by atoms with Gasteiger partial charge in [-0.1, -0.05) is 64.7 Å². The van der Waals surface area contributed by atoms with Gasteiger partial charge in [-0.3, -0.25) is 0 Å². The summed E-state index contributed by atoms with van der Waals surface area (Å²) in [4.78, 5) is 0. The van der Waals surface area contributed by atoms with Crippen molar-refractivity contribution in [3.8, 4) is 0 Å². The van der Waals surface area contributed by atoms with E-state index >= 15 is 0 Å². The predicted octanol–water partition coefficient (Wildman–Crippen LogP) is 5.08. The summed E-state index contributed by atoms with van der Waals surface area (Å²) in [7, 11) is 0. The summed E-state index contributed by atoms with van der Waals surface area (Å²) in [5.74, 6) is -0.425. The lowest BCUT2D eigenvalue weighted by molar-refractivity contribution is -0.145. The lowest BCUT2D eigenvalue weighted by atomic mass is 10.1. The Balaban J connectivity index is 1.75. The zero-order valence-corrected chi connectivity index (χ0v) is 14.5. The van der Waals surface area contributed by atoms with Crippen molar-refractivity contribution in [3.63, 3.8) is 0 Å². The Morgan fingerprint density at radius 3 is 2.00 bits per heavy atom. The molecule has 0 aromatic carbocycles. The highest BCUT2D eigenvalue weighted by atomic mass is 16.7. The van der Waals surface area contributed by atoms with E-state index < -0.39 is 5.79 Å². The summed E-state index contributed by atoms with van der Waals surface area (Å²) in [5, 5.41) is 0. The molecule has 1 fully saturated rings. The van der Waals surface area contributed by atoms with Gasteiger partial charge in [0.1, 0.15) is 6.10 Å². The molecule has 1 heterocycles. The summed E-state index contributed by atoms with van der Waals surface area (Å²) in [6, 6.07) is 0. The molecule has 1 atom stereocenters. The third kappa shape index (κ3) is 10.3. The van der Waals surface area contributed by atoms with E-state index in [-0.39, 0.29) is 6.10 Å². The van der Waals surface area contributed by atoms with Gasteiger partial charge in [0.15, 0.2) is 5.79 Å². The molecule has 0 N–H and O–H groups in total. The normalized spacial score (nSPS) is 21.0. The van der Waals surface area contributed by atoms with E-state index in [1.54, 1.807) is 0 Å². The van der Waals surface area contributed by atoms with Crippen LogP contribution in [0.4, 0.5) is 0 Å². The van der Waals surface area contributed by atoms with E-state index in [0.29, 0.717) is 13.2 Å². The van der Waals surface area contributed by atoms with E-state index in [1.165, 1.54) is 64.2 Å². The minimum atomic E-state index is -0.425. The minimum Gasteiger partial charge on any atom is -0.379 e. The molecule has 21 heavy (non-hydrogen) atoms. The number of hydrogen-bond acceptors (Lipinski definition) is 3. The maximum atomic E-state index is 5.70. The zero-order valence-electron chi connectivity index (χ0n) is 14.5. The van der Waals surface area contributed by atoms with Crippen LogP contribution in [0.1, 0.15) is 85.0 Å². The molecular formula is C18H36O3. The molecule has 0 spiro atoms. The minimum absolute atomic E-state index is 0.114. The molecular weight excluding hydrogens is 264 g/mol. The molecule has 0 aliphatic carbocycles. The van der Waals surface area contributed by atoms with Crippen LogP contribution in [0.2, 0.25) is 0 Å². The van der Waals surface area contributed by atoms with Crippen LogP contribution < -0.4 is 0 Å². The van der Waals surface area contributed by atoms with E-state index in [9.17, 15) is 0 Å². The Bertz CT molecular complexity index is 241. The predicted molar refractivity (Wildman–Crippen MR) is 87.6 cm³/mol. The molecule has 1 aliphatic heterocycles. The Labute approximate surface area is 131 Å².